The first kappa shape index (κ1) is 36.8. The van der Waals surface area contributed by atoms with Gasteiger partial charge in [-0.25, -0.2) is 8.42 Å². The third kappa shape index (κ3) is 9.09. The molecule has 8 nitrogen and oxygen atoms in total. The van der Waals surface area contributed by atoms with Crippen LogP contribution in [0.3, 0.4) is 0 Å². The van der Waals surface area contributed by atoms with E-state index in [2.05, 4.69) is 5.32 Å². The number of nitrogens with one attached hydrogen (secondary N) is 1. The molecule has 0 radical (unpaired) electrons. The first-order chi connectivity index (χ1) is 22.8. The van der Waals surface area contributed by atoms with Crippen molar-refractivity contribution in [1.29, 1.82) is 0 Å². The van der Waals surface area contributed by atoms with E-state index in [1.54, 1.807) is 48.5 Å². The van der Waals surface area contributed by atoms with E-state index in [-0.39, 0.29) is 41.2 Å². The van der Waals surface area contributed by atoms with Crippen molar-refractivity contribution in [3.05, 3.63) is 123 Å². The summed E-state index contributed by atoms with van der Waals surface area (Å²) in [5.41, 5.74) is 3.21. The van der Waals surface area contributed by atoms with Crippen molar-refractivity contribution in [1.82, 2.24) is 10.2 Å². The molecule has 4 aromatic rings. The highest BCUT2D eigenvalue weighted by Gasteiger charge is 2.36. The Labute approximate surface area is 293 Å². The number of hydrogen-bond donors (Lipinski definition) is 1. The van der Waals surface area contributed by atoms with Gasteiger partial charge in [-0.1, -0.05) is 90.3 Å². The summed E-state index contributed by atoms with van der Waals surface area (Å²) in [6.07, 6.45) is 0.856. The highest BCUT2D eigenvalue weighted by molar-refractivity contribution is 7.92. The summed E-state index contributed by atoms with van der Waals surface area (Å²) in [5, 5.41) is 3.75. The Bertz CT molecular complexity index is 1840. The van der Waals surface area contributed by atoms with Crippen LogP contribution >= 0.6 is 23.2 Å². The van der Waals surface area contributed by atoms with Crippen LogP contribution in [-0.4, -0.2) is 50.9 Å². The predicted octanol–water partition coefficient (Wildman–Crippen LogP) is 7.37. The van der Waals surface area contributed by atoms with Gasteiger partial charge >= 0.3 is 0 Å². The van der Waals surface area contributed by atoms with Crippen molar-refractivity contribution in [2.75, 3.05) is 18.0 Å². The smallest absolute Gasteiger partial charge is 0.264 e. The minimum atomic E-state index is -4.30. The van der Waals surface area contributed by atoms with Gasteiger partial charge in [-0.2, -0.15) is 0 Å². The molecule has 0 aliphatic rings. The SMILES string of the molecule is CC[C@H](C)NC(=O)[C@@H](Cc1ccccc1)N(Cc1ccc(Cl)cc1Cl)C(=O)CN(c1cc(C)ccc1OC)S(=O)(=O)c1ccc(C)cc1. The van der Waals surface area contributed by atoms with Gasteiger partial charge in [0.15, 0.2) is 0 Å². The molecule has 0 unspecified atom stereocenters. The van der Waals surface area contributed by atoms with Crippen LogP contribution in [-0.2, 0) is 32.6 Å². The Balaban J connectivity index is 1.88. The lowest BCUT2D eigenvalue weighted by atomic mass is 10.0. The van der Waals surface area contributed by atoms with Crippen molar-refractivity contribution < 1.29 is 22.7 Å². The Kier molecular flexibility index (Phi) is 12.5. The van der Waals surface area contributed by atoms with E-state index in [9.17, 15) is 18.0 Å². The van der Waals surface area contributed by atoms with E-state index in [1.807, 2.05) is 58.0 Å². The molecule has 0 aromatic heterocycles. The molecule has 4 aromatic carbocycles. The molecule has 254 valence electrons. The topological polar surface area (TPSA) is 96.0 Å². The Morgan fingerprint density at radius 2 is 1.56 bits per heavy atom. The van der Waals surface area contributed by atoms with Crippen LogP contribution in [0.4, 0.5) is 5.69 Å². The number of sulfonamides is 1. The Morgan fingerprint density at radius 1 is 0.896 bits per heavy atom. The second kappa shape index (κ2) is 16.4. The third-order valence-corrected chi connectivity index (χ3v) is 10.5. The van der Waals surface area contributed by atoms with Crippen LogP contribution in [0.2, 0.25) is 10.0 Å². The van der Waals surface area contributed by atoms with Crippen LogP contribution < -0.4 is 14.4 Å². The van der Waals surface area contributed by atoms with Gasteiger partial charge in [-0.15, -0.1) is 0 Å². The summed E-state index contributed by atoms with van der Waals surface area (Å²) < 4.78 is 35.4. The molecule has 11 heteroatoms. The maximum atomic E-state index is 14.7. The van der Waals surface area contributed by atoms with Crippen molar-refractivity contribution >= 4 is 50.7 Å². The normalized spacial score (nSPS) is 12.6. The maximum absolute atomic E-state index is 14.7. The number of benzene rings is 4. The molecular weight excluding hydrogens is 669 g/mol. The number of carbonyl (C=O) groups is 2. The summed E-state index contributed by atoms with van der Waals surface area (Å²) in [6.45, 7) is 6.83. The molecule has 0 bridgehead atoms. The lowest BCUT2D eigenvalue weighted by Gasteiger charge is -2.34. The molecule has 4 rings (SSSR count). The number of methoxy groups -OCH3 is 1. The predicted molar refractivity (Wildman–Crippen MR) is 192 cm³/mol. The number of anilines is 1. The Hall–Kier alpha value is -4.05. The van der Waals surface area contributed by atoms with Crippen LogP contribution in [0.5, 0.6) is 5.75 Å². The van der Waals surface area contributed by atoms with Gasteiger partial charge in [0.05, 0.1) is 17.7 Å². The van der Waals surface area contributed by atoms with E-state index in [0.717, 1.165) is 21.0 Å². The molecule has 0 spiro atoms. The standard InChI is InChI=1S/C37H41Cl2N3O5S/c1-6-27(4)40-37(44)34(21-28-10-8-7-9-11-28)41(23-29-15-16-30(38)22-32(29)39)36(43)24-42(33-20-26(3)14-19-35(33)47-5)48(45,46)31-17-12-25(2)13-18-31/h7-20,22,27,34H,6,21,23-24H2,1-5H3,(H,40,44)/t27-,34+/m0/s1. The van der Waals surface area contributed by atoms with Gasteiger partial charge in [0.2, 0.25) is 11.8 Å². The molecule has 0 heterocycles. The molecule has 2 amide bonds. The number of ether oxygens (including phenoxy) is 1. The highest BCUT2D eigenvalue weighted by atomic mass is 35.5. The lowest BCUT2D eigenvalue weighted by molar-refractivity contribution is -0.140. The van der Waals surface area contributed by atoms with Gasteiger partial charge in [0.1, 0.15) is 18.3 Å². The lowest BCUT2D eigenvalue weighted by Crippen LogP contribution is -2.54. The summed E-state index contributed by atoms with van der Waals surface area (Å²) in [4.78, 5) is 30.2. The van der Waals surface area contributed by atoms with Gasteiger partial charge < -0.3 is 15.0 Å². The highest BCUT2D eigenvalue weighted by Crippen LogP contribution is 2.34. The zero-order valence-corrected chi connectivity index (χ0v) is 30.1. The zero-order valence-electron chi connectivity index (χ0n) is 27.7. The monoisotopic (exact) mass is 709 g/mol. The van der Waals surface area contributed by atoms with E-state index in [1.165, 1.54) is 24.1 Å². The second-order valence-corrected chi connectivity index (χ2v) is 14.5. The summed E-state index contributed by atoms with van der Waals surface area (Å²) >= 11 is 12.8. The van der Waals surface area contributed by atoms with Crippen molar-refractivity contribution in [3.8, 4) is 5.75 Å². The van der Waals surface area contributed by atoms with Crippen LogP contribution in [0.1, 0.15) is 42.5 Å². The molecule has 0 aliphatic carbocycles. The average molecular weight is 711 g/mol. The number of rotatable bonds is 14. The third-order valence-electron chi connectivity index (χ3n) is 8.12. The molecule has 1 N–H and O–H groups in total. The van der Waals surface area contributed by atoms with Crippen LogP contribution in [0.15, 0.2) is 95.9 Å². The molecule has 0 saturated heterocycles. The summed E-state index contributed by atoms with van der Waals surface area (Å²) in [7, 11) is -2.86. The van der Waals surface area contributed by atoms with Gasteiger partial charge in [0, 0.05) is 29.1 Å². The van der Waals surface area contributed by atoms with E-state index < -0.39 is 28.5 Å². The number of carbonyl (C=O) groups excluding carboxylic acids is 2. The second-order valence-electron chi connectivity index (χ2n) is 11.8. The average Bonchev–Trinajstić information content (AvgIpc) is 3.06. The first-order valence-corrected chi connectivity index (χ1v) is 17.8. The van der Waals surface area contributed by atoms with Gasteiger partial charge in [-0.05, 0) is 80.3 Å². The van der Waals surface area contributed by atoms with Gasteiger partial charge in [0.25, 0.3) is 10.0 Å². The molecular formula is C37H41Cl2N3O5S. The molecule has 0 aliphatic heterocycles. The van der Waals surface area contributed by atoms with Gasteiger partial charge in [-0.3, -0.25) is 13.9 Å². The van der Waals surface area contributed by atoms with Crippen LogP contribution in [0, 0.1) is 13.8 Å². The Morgan fingerprint density at radius 3 is 2.19 bits per heavy atom. The zero-order chi connectivity index (χ0) is 35.0. The van der Waals surface area contributed by atoms with E-state index >= 15 is 0 Å². The minimum Gasteiger partial charge on any atom is -0.495 e. The maximum Gasteiger partial charge on any atom is 0.264 e. The number of hydrogen-bond acceptors (Lipinski definition) is 5. The first-order valence-electron chi connectivity index (χ1n) is 15.7. The summed E-state index contributed by atoms with van der Waals surface area (Å²) in [6, 6.07) is 24.6. The number of nitrogens with zero attached hydrogens (tertiary/aromatic N) is 2. The van der Waals surface area contributed by atoms with Crippen LogP contribution in [0.25, 0.3) is 0 Å². The molecule has 2 atom stereocenters. The molecule has 0 saturated carbocycles. The fraction of sp³-hybridized carbons (Fsp3) is 0.297. The van der Waals surface area contributed by atoms with E-state index in [4.69, 9.17) is 27.9 Å². The number of aryl methyl sites for hydroxylation is 2. The fourth-order valence-electron chi connectivity index (χ4n) is 5.17. The fourth-order valence-corrected chi connectivity index (χ4v) is 7.06. The minimum absolute atomic E-state index is 0.00658. The number of amides is 2. The largest absolute Gasteiger partial charge is 0.495 e. The quantitative estimate of drug-likeness (QED) is 0.148. The van der Waals surface area contributed by atoms with E-state index in [0.29, 0.717) is 22.0 Å². The van der Waals surface area contributed by atoms with Crippen molar-refractivity contribution in [2.45, 2.75) is 64.1 Å². The number of halogens is 2. The van der Waals surface area contributed by atoms with Crippen molar-refractivity contribution in [2.24, 2.45) is 0 Å². The molecule has 48 heavy (non-hydrogen) atoms. The summed E-state index contributed by atoms with van der Waals surface area (Å²) in [5.74, 6) is -0.708. The van der Waals surface area contributed by atoms with Crippen molar-refractivity contribution in [3.63, 3.8) is 0 Å². The molecule has 0 fully saturated rings.